The summed E-state index contributed by atoms with van der Waals surface area (Å²) in [7, 11) is 0. The zero-order chi connectivity index (χ0) is 14.8. The summed E-state index contributed by atoms with van der Waals surface area (Å²) in [5.41, 5.74) is 4.43. The van der Waals surface area contributed by atoms with Crippen molar-refractivity contribution in [3.8, 4) is 0 Å². The lowest BCUT2D eigenvalue weighted by Crippen LogP contribution is -2.19. The molecule has 0 saturated heterocycles. The van der Waals surface area contributed by atoms with Crippen molar-refractivity contribution in [2.45, 2.75) is 52.4 Å². The molecule has 3 nitrogen and oxygen atoms in total. The number of benzene rings is 1. The van der Waals surface area contributed by atoms with Crippen molar-refractivity contribution >= 4 is 23.2 Å². The fraction of sp³-hybridized carbons (Fsp3) is 0.500. The van der Waals surface area contributed by atoms with Crippen LogP contribution in [0, 0.1) is 0 Å². The minimum atomic E-state index is -0.0194. The number of unbranched alkanes of at least 4 members (excludes halogenated alkanes) is 3. The Morgan fingerprint density at radius 3 is 2.70 bits per heavy atom. The van der Waals surface area contributed by atoms with Gasteiger partial charge in [-0.1, -0.05) is 56.8 Å². The van der Waals surface area contributed by atoms with Crippen LogP contribution in [0.4, 0.5) is 0 Å². The first-order valence-electron chi connectivity index (χ1n) is 7.28. The van der Waals surface area contributed by atoms with E-state index in [9.17, 15) is 4.79 Å². The Morgan fingerprint density at radius 2 is 2.05 bits per heavy atom. The average molecular weight is 295 g/mol. The summed E-state index contributed by atoms with van der Waals surface area (Å²) in [4.78, 5) is 11.7. The van der Waals surface area contributed by atoms with Crippen LogP contribution in [0.15, 0.2) is 29.4 Å². The number of hydrogen-bond acceptors (Lipinski definition) is 2. The summed E-state index contributed by atoms with van der Waals surface area (Å²) in [6.45, 7) is 4.16. The number of amides is 1. The lowest BCUT2D eigenvalue weighted by Gasteiger charge is -2.05. The third-order valence-corrected chi connectivity index (χ3v) is 3.30. The Balaban J connectivity index is 2.51. The zero-order valence-corrected chi connectivity index (χ0v) is 13.0. The Labute approximate surface area is 126 Å². The smallest absolute Gasteiger partial charge is 0.240 e. The number of rotatable bonds is 8. The molecule has 0 fully saturated rings. The third kappa shape index (κ3) is 6.20. The molecule has 110 valence electrons. The van der Waals surface area contributed by atoms with E-state index in [0.717, 1.165) is 30.5 Å². The van der Waals surface area contributed by atoms with Gasteiger partial charge in [-0.2, -0.15) is 5.10 Å². The molecule has 0 aromatic heterocycles. The van der Waals surface area contributed by atoms with Crippen LogP contribution in [0.5, 0.6) is 0 Å². The monoisotopic (exact) mass is 294 g/mol. The van der Waals surface area contributed by atoms with E-state index in [-0.39, 0.29) is 5.91 Å². The fourth-order valence-corrected chi connectivity index (χ4v) is 2.10. The summed E-state index contributed by atoms with van der Waals surface area (Å²) in [6, 6.07) is 7.51. The summed E-state index contributed by atoms with van der Waals surface area (Å²) in [5, 5.41) is 4.89. The van der Waals surface area contributed by atoms with Crippen LogP contribution >= 0.6 is 11.6 Å². The minimum absolute atomic E-state index is 0.0194. The van der Waals surface area contributed by atoms with Crippen LogP contribution in [0.1, 0.15) is 57.9 Å². The molecule has 0 aliphatic carbocycles. The van der Waals surface area contributed by atoms with Crippen LogP contribution in [0.2, 0.25) is 5.02 Å². The van der Waals surface area contributed by atoms with Gasteiger partial charge in [0, 0.05) is 11.4 Å². The van der Waals surface area contributed by atoms with Crippen molar-refractivity contribution in [2.75, 3.05) is 0 Å². The molecule has 0 aliphatic heterocycles. The summed E-state index contributed by atoms with van der Waals surface area (Å²) in [6.07, 6.45) is 5.66. The lowest BCUT2D eigenvalue weighted by molar-refractivity contribution is -0.121. The second kappa shape index (κ2) is 9.54. The van der Waals surface area contributed by atoms with E-state index < -0.39 is 0 Å². The van der Waals surface area contributed by atoms with Crippen LogP contribution < -0.4 is 5.43 Å². The molecule has 0 spiro atoms. The molecular weight excluding hydrogens is 272 g/mol. The average Bonchev–Trinajstić information content (AvgIpc) is 2.44. The van der Waals surface area contributed by atoms with Crippen LogP contribution in [-0.4, -0.2) is 11.6 Å². The number of hydrogen-bond donors (Lipinski definition) is 1. The summed E-state index contributed by atoms with van der Waals surface area (Å²) < 4.78 is 0. The molecule has 1 N–H and O–H groups in total. The number of nitrogens with one attached hydrogen (secondary N) is 1. The van der Waals surface area contributed by atoms with Crippen LogP contribution in [-0.2, 0) is 4.79 Å². The quantitative estimate of drug-likeness (QED) is 0.427. The van der Waals surface area contributed by atoms with Crippen LogP contribution in [0.25, 0.3) is 0 Å². The number of nitrogens with zero attached hydrogens (tertiary/aromatic N) is 1. The second-order valence-electron chi connectivity index (χ2n) is 4.77. The Hall–Kier alpha value is -1.35. The van der Waals surface area contributed by atoms with E-state index in [1.165, 1.54) is 12.8 Å². The first-order valence-corrected chi connectivity index (χ1v) is 7.66. The predicted octanol–water partition coefficient (Wildman–Crippen LogP) is 4.54. The van der Waals surface area contributed by atoms with Gasteiger partial charge in [0.2, 0.25) is 5.91 Å². The highest BCUT2D eigenvalue weighted by Crippen LogP contribution is 2.12. The van der Waals surface area contributed by atoms with Crippen LogP contribution in [0.3, 0.4) is 0 Å². The van der Waals surface area contributed by atoms with Gasteiger partial charge in [0.25, 0.3) is 0 Å². The Morgan fingerprint density at radius 1 is 1.25 bits per heavy atom. The molecule has 20 heavy (non-hydrogen) atoms. The first-order chi connectivity index (χ1) is 9.67. The van der Waals surface area contributed by atoms with E-state index in [4.69, 9.17) is 11.6 Å². The number of halogens is 1. The van der Waals surface area contributed by atoms with E-state index in [1.54, 1.807) is 0 Å². The molecule has 0 radical (unpaired) electrons. The molecule has 1 aromatic carbocycles. The van der Waals surface area contributed by atoms with Gasteiger partial charge in [-0.05, 0) is 30.5 Å². The number of carbonyl (C=O) groups excluding carboxylic acids is 1. The van der Waals surface area contributed by atoms with Gasteiger partial charge in [-0.25, -0.2) is 5.43 Å². The van der Waals surface area contributed by atoms with Gasteiger partial charge in [-0.15, -0.1) is 0 Å². The largest absolute Gasteiger partial charge is 0.273 e. The van der Waals surface area contributed by atoms with E-state index >= 15 is 0 Å². The molecular formula is C16H23ClN2O. The molecule has 0 saturated carbocycles. The van der Waals surface area contributed by atoms with Gasteiger partial charge in [-0.3, -0.25) is 4.79 Å². The third-order valence-electron chi connectivity index (χ3n) is 3.07. The van der Waals surface area contributed by atoms with Crippen molar-refractivity contribution in [3.63, 3.8) is 0 Å². The van der Waals surface area contributed by atoms with Crippen molar-refractivity contribution < 1.29 is 4.79 Å². The molecule has 1 amide bonds. The summed E-state index contributed by atoms with van der Waals surface area (Å²) in [5.74, 6) is -0.0194. The van der Waals surface area contributed by atoms with E-state index in [0.29, 0.717) is 11.4 Å². The molecule has 0 atom stereocenters. The molecule has 4 heteroatoms. The van der Waals surface area contributed by atoms with Gasteiger partial charge in [0.15, 0.2) is 0 Å². The fourth-order valence-electron chi connectivity index (χ4n) is 1.91. The minimum Gasteiger partial charge on any atom is -0.273 e. The van der Waals surface area contributed by atoms with Gasteiger partial charge in [0.05, 0.1) is 5.71 Å². The highest BCUT2D eigenvalue weighted by atomic mass is 35.5. The molecule has 0 bridgehead atoms. The van der Waals surface area contributed by atoms with Crippen molar-refractivity contribution in [2.24, 2.45) is 5.10 Å². The van der Waals surface area contributed by atoms with Crippen molar-refractivity contribution in [3.05, 3.63) is 34.9 Å². The van der Waals surface area contributed by atoms with Crippen molar-refractivity contribution in [1.82, 2.24) is 5.43 Å². The Bertz CT molecular complexity index is 458. The second-order valence-corrected chi connectivity index (χ2v) is 5.20. The highest BCUT2D eigenvalue weighted by Gasteiger charge is 2.04. The van der Waals surface area contributed by atoms with E-state index in [2.05, 4.69) is 17.5 Å². The normalized spacial score (nSPS) is 11.4. The van der Waals surface area contributed by atoms with Gasteiger partial charge in [0.1, 0.15) is 0 Å². The maximum atomic E-state index is 11.7. The molecule has 1 rings (SSSR count). The maximum absolute atomic E-state index is 11.7. The lowest BCUT2D eigenvalue weighted by atomic mass is 10.1. The molecule has 1 aromatic rings. The first kappa shape index (κ1) is 16.7. The molecule has 0 unspecified atom stereocenters. The molecule has 0 heterocycles. The van der Waals surface area contributed by atoms with Gasteiger partial charge < -0.3 is 0 Å². The number of hydrazone groups is 1. The zero-order valence-electron chi connectivity index (χ0n) is 12.3. The maximum Gasteiger partial charge on any atom is 0.240 e. The molecule has 0 aliphatic rings. The standard InChI is InChI=1S/C16H23ClN2O/c1-3-5-6-7-11-16(20)19-18-15(4-2)13-9-8-10-14(17)12-13/h8-10,12H,3-7,11H2,1-2H3,(H,19,20). The van der Waals surface area contributed by atoms with E-state index in [1.807, 2.05) is 31.2 Å². The Kier molecular flexibility index (Phi) is 7.97. The highest BCUT2D eigenvalue weighted by molar-refractivity contribution is 6.31. The SMILES string of the molecule is CCCCCCC(=O)NN=C(CC)c1cccc(Cl)c1. The predicted molar refractivity (Wildman–Crippen MR) is 85.2 cm³/mol. The van der Waals surface area contributed by atoms with Crippen molar-refractivity contribution in [1.29, 1.82) is 0 Å². The van der Waals surface area contributed by atoms with Gasteiger partial charge >= 0.3 is 0 Å². The number of carbonyl (C=O) groups is 1. The summed E-state index contributed by atoms with van der Waals surface area (Å²) >= 11 is 5.96. The topological polar surface area (TPSA) is 41.5 Å².